The van der Waals surface area contributed by atoms with Crippen molar-refractivity contribution in [3.63, 3.8) is 0 Å². The molecular weight excluding hydrogens is 414 g/mol. The summed E-state index contributed by atoms with van der Waals surface area (Å²) in [5.41, 5.74) is 4.89. The molecule has 3 rings (SSSR count). The summed E-state index contributed by atoms with van der Waals surface area (Å²) in [5.74, 6) is 0.495. The lowest BCUT2D eigenvalue weighted by atomic mass is 10.1. The summed E-state index contributed by atoms with van der Waals surface area (Å²) in [6.07, 6.45) is 1.56. The predicted octanol–water partition coefficient (Wildman–Crippen LogP) is 4.71. The number of hydrazone groups is 1. The van der Waals surface area contributed by atoms with Crippen molar-refractivity contribution in [1.82, 2.24) is 4.98 Å². The Morgan fingerprint density at radius 3 is 2.59 bits per heavy atom. The maximum Gasteiger partial charge on any atom is 0.350 e. The quantitative estimate of drug-likeness (QED) is 0.331. The van der Waals surface area contributed by atoms with Gasteiger partial charge in [-0.15, -0.1) is 0 Å². The second kappa shape index (κ2) is 9.40. The van der Waals surface area contributed by atoms with Gasteiger partial charge < -0.3 is 14.2 Å². The van der Waals surface area contributed by atoms with Crippen LogP contribution < -0.4 is 14.9 Å². The molecule has 0 atom stereocenters. The van der Waals surface area contributed by atoms with E-state index in [2.05, 4.69) is 15.5 Å². The third-order valence-corrected chi connectivity index (χ3v) is 5.10. The van der Waals surface area contributed by atoms with Gasteiger partial charge >= 0.3 is 5.97 Å². The van der Waals surface area contributed by atoms with Crippen molar-refractivity contribution >= 4 is 40.3 Å². The molecule has 0 saturated heterocycles. The molecule has 0 unspecified atom stereocenters. The van der Waals surface area contributed by atoms with Crippen molar-refractivity contribution in [3.05, 3.63) is 57.9 Å². The summed E-state index contributed by atoms with van der Waals surface area (Å²) in [4.78, 5) is 17.0. The molecule has 2 aromatic carbocycles. The van der Waals surface area contributed by atoms with Gasteiger partial charge in [-0.25, -0.2) is 9.78 Å². The van der Waals surface area contributed by atoms with Crippen LogP contribution in [0.25, 0.3) is 11.3 Å². The van der Waals surface area contributed by atoms with E-state index in [1.165, 1.54) is 21.3 Å². The molecule has 3 aromatic rings. The average molecular weight is 432 g/mol. The van der Waals surface area contributed by atoms with Gasteiger partial charge in [0.2, 0.25) is 5.13 Å². The first-order valence-electron chi connectivity index (χ1n) is 8.42. The standard InChI is InChI=1S/C20H18ClN3O4S/c1-26-15-10-12(9-14(21)17(15)27-2)11-22-24-20-23-16(13-7-5-4-6-8-13)18(29-20)19(25)28-3/h4-11H,1-3H3,(H,23,24)/b22-11-. The first-order chi connectivity index (χ1) is 14.1. The Morgan fingerprint density at radius 1 is 1.17 bits per heavy atom. The summed E-state index contributed by atoms with van der Waals surface area (Å²) in [5, 5.41) is 5.04. The number of carbonyl (C=O) groups excluding carboxylic acids is 1. The van der Waals surface area contributed by atoms with Crippen LogP contribution in [0.5, 0.6) is 11.5 Å². The molecule has 1 N–H and O–H groups in total. The lowest BCUT2D eigenvalue weighted by Crippen LogP contribution is -2.00. The minimum absolute atomic E-state index is 0.394. The summed E-state index contributed by atoms with van der Waals surface area (Å²) >= 11 is 7.36. The number of methoxy groups -OCH3 is 3. The largest absolute Gasteiger partial charge is 0.493 e. The molecule has 1 heterocycles. The maximum absolute atomic E-state index is 12.1. The Hall–Kier alpha value is -3.10. The van der Waals surface area contributed by atoms with E-state index in [1.807, 2.05) is 30.3 Å². The highest BCUT2D eigenvalue weighted by Gasteiger charge is 2.20. The van der Waals surface area contributed by atoms with Crippen LogP contribution in [0.3, 0.4) is 0 Å². The third-order valence-electron chi connectivity index (χ3n) is 3.87. The van der Waals surface area contributed by atoms with Gasteiger partial charge in [-0.2, -0.15) is 5.10 Å². The molecule has 150 valence electrons. The van der Waals surface area contributed by atoms with E-state index < -0.39 is 5.97 Å². The Balaban J connectivity index is 1.85. The summed E-state index contributed by atoms with van der Waals surface area (Å²) in [7, 11) is 4.38. The fourth-order valence-electron chi connectivity index (χ4n) is 2.57. The number of hydrogen-bond acceptors (Lipinski definition) is 8. The van der Waals surface area contributed by atoms with Gasteiger partial charge in [0.25, 0.3) is 0 Å². The van der Waals surface area contributed by atoms with Gasteiger partial charge in [-0.3, -0.25) is 5.43 Å². The second-order valence-electron chi connectivity index (χ2n) is 5.66. The number of nitrogens with zero attached hydrogens (tertiary/aromatic N) is 2. The van der Waals surface area contributed by atoms with Crippen LogP contribution in [0.2, 0.25) is 5.02 Å². The Morgan fingerprint density at radius 2 is 1.93 bits per heavy atom. The van der Waals surface area contributed by atoms with E-state index in [9.17, 15) is 4.79 Å². The van der Waals surface area contributed by atoms with E-state index in [1.54, 1.807) is 18.3 Å². The maximum atomic E-state index is 12.1. The van der Waals surface area contributed by atoms with Crippen molar-refractivity contribution in [2.24, 2.45) is 5.10 Å². The van der Waals surface area contributed by atoms with Crippen molar-refractivity contribution in [2.45, 2.75) is 0 Å². The zero-order valence-electron chi connectivity index (χ0n) is 15.9. The van der Waals surface area contributed by atoms with Crippen molar-refractivity contribution in [2.75, 3.05) is 26.8 Å². The fraction of sp³-hybridized carbons (Fsp3) is 0.150. The van der Waals surface area contributed by atoms with Crippen LogP contribution in [-0.4, -0.2) is 38.5 Å². The molecule has 0 saturated carbocycles. The van der Waals surface area contributed by atoms with E-state index in [4.69, 9.17) is 25.8 Å². The molecule has 1 aromatic heterocycles. The molecule has 0 bridgehead atoms. The van der Waals surface area contributed by atoms with E-state index >= 15 is 0 Å². The zero-order chi connectivity index (χ0) is 20.8. The Bertz CT molecular complexity index is 1040. The molecule has 0 aliphatic carbocycles. The molecule has 0 aliphatic heterocycles. The van der Waals surface area contributed by atoms with Crippen LogP contribution in [0.1, 0.15) is 15.2 Å². The first-order valence-corrected chi connectivity index (χ1v) is 9.62. The Kier molecular flexibility index (Phi) is 6.69. The highest BCUT2D eigenvalue weighted by molar-refractivity contribution is 7.17. The van der Waals surface area contributed by atoms with Crippen LogP contribution in [-0.2, 0) is 4.74 Å². The fourth-order valence-corrected chi connectivity index (χ4v) is 3.72. The first kappa shape index (κ1) is 20.6. The van der Waals surface area contributed by atoms with Gasteiger partial charge in [-0.1, -0.05) is 53.3 Å². The number of thiazole rings is 1. The van der Waals surface area contributed by atoms with Crippen LogP contribution in [0, 0.1) is 0 Å². The molecule has 0 radical (unpaired) electrons. The number of ether oxygens (including phenoxy) is 3. The van der Waals surface area contributed by atoms with E-state index in [0.717, 1.165) is 16.9 Å². The van der Waals surface area contributed by atoms with E-state index in [0.29, 0.717) is 37.8 Å². The number of hydrogen-bond donors (Lipinski definition) is 1. The smallest absolute Gasteiger partial charge is 0.350 e. The minimum atomic E-state index is -0.454. The average Bonchev–Trinajstić information content (AvgIpc) is 3.17. The molecular formula is C20H18ClN3O4S. The molecule has 0 aliphatic rings. The van der Waals surface area contributed by atoms with Crippen LogP contribution in [0.4, 0.5) is 5.13 Å². The zero-order valence-corrected chi connectivity index (χ0v) is 17.5. The van der Waals surface area contributed by atoms with Gasteiger partial charge in [0.1, 0.15) is 4.88 Å². The molecule has 0 spiro atoms. The molecule has 29 heavy (non-hydrogen) atoms. The number of nitrogens with one attached hydrogen (secondary N) is 1. The molecule has 9 heteroatoms. The SMILES string of the molecule is COC(=O)c1sc(N/N=C\c2cc(Cl)c(OC)c(OC)c2)nc1-c1ccccc1. The van der Waals surface area contributed by atoms with Crippen molar-refractivity contribution in [3.8, 4) is 22.8 Å². The van der Waals surface area contributed by atoms with E-state index in [-0.39, 0.29) is 0 Å². The summed E-state index contributed by atoms with van der Waals surface area (Å²) in [6, 6.07) is 12.8. The van der Waals surface area contributed by atoms with Gasteiger partial charge in [0.05, 0.1) is 38.3 Å². The number of rotatable bonds is 7. The van der Waals surface area contributed by atoms with Gasteiger partial charge in [0, 0.05) is 5.56 Å². The van der Waals surface area contributed by atoms with Gasteiger partial charge in [0.15, 0.2) is 11.5 Å². The summed E-state index contributed by atoms with van der Waals surface area (Å²) in [6.45, 7) is 0. The third kappa shape index (κ3) is 4.67. The highest BCUT2D eigenvalue weighted by Crippen LogP contribution is 2.35. The topological polar surface area (TPSA) is 82.0 Å². The van der Waals surface area contributed by atoms with Crippen LogP contribution in [0.15, 0.2) is 47.6 Å². The highest BCUT2D eigenvalue weighted by atomic mass is 35.5. The number of anilines is 1. The molecule has 0 amide bonds. The Labute approximate surface area is 176 Å². The number of halogens is 1. The van der Waals surface area contributed by atoms with Crippen molar-refractivity contribution < 1.29 is 19.0 Å². The summed E-state index contributed by atoms with van der Waals surface area (Å²) < 4.78 is 15.4. The molecule has 7 nitrogen and oxygen atoms in total. The van der Waals surface area contributed by atoms with Crippen LogP contribution >= 0.6 is 22.9 Å². The lowest BCUT2D eigenvalue weighted by molar-refractivity contribution is 0.0607. The second-order valence-corrected chi connectivity index (χ2v) is 7.07. The monoisotopic (exact) mass is 431 g/mol. The van der Waals surface area contributed by atoms with Gasteiger partial charge in [-0.05, 0) is 17.7 Å². The lowest BCUT2D eigenvalue weighted by Gasteiger charge is -2.09. The number of esters is 1. The predicted molar refractivity (Wildman–Crippen MR) is 115 cm³/mol. The van der Waals surface area contributed by atoms with Crippen molar-refractivity contribution in [1.29, 1.82) is 0 Å². The number of carbonyl (C=O) groups is 1. The number of benzene rings is 2. The number of aromatic nitrogens is 1. The minimum Gasteiger partial charge on any atom is -0.493 e. The molecule has 0 fully saturated rings. The normalized spacial score (nSPS) is 10.8.